The molecule has 11 heavy (non-hydrogen) atoms. The van der Waals surface area contributed by atoms with Crippen LogP contribution in [0.1, 0.15) is 11.8 Å². The van der Waals surface area contributed by atoms with Crippen molar-refractivity contribution in [1.82, 2.24) is 0 Å². The summed E-state index contributed by atoms with van der Waals surface area (Å²) in [4.78, 5) is 5.66. The molecule has 60 valence electrons. The van der Waals surface area contributed by atoms with E-state index in [1.165, 1.54) is 18.4 Å². The van der Waals surface area contributed by atoms with E-state index in [1.807, 2.05) is 19.1 Å². The van der Waals surface area contributed by atoms with Gasteiger partial charge in [0.1, 0.15) is 7.11 Å². The van der Waals surface area contributed by atoms with E-state index in [9.17, 15) is 0 Å². The Balaban J connectivity index is 2.84. The number of thiophene rings is 1. The van der Waals surface area contributed by atoms with Crippen LogP contribution in [0.3, 0.4) is 0 Å². The summed E-state index contributed by atoms with van der Waals surface area (Å²) >= 11 is 7.22. The predicted octanol–water partition coefficient (Wildman–Crippen LogP) is 2.77. The van der Waals surface area contributed by atoms with Crippen LogP contribution in [-0.4, -0.2) is 12.8 Å². The van der Waals surface area contributed by atoms with Crippen molar-refractivity contribution < 1.29 is 4.84 Å². The van der Waals surface area contributed by atoms with E-state index in [-0.39, 0.29) is 0 Å². The zero-order chi connectivity index (χ0) is 8.27. The number of rotatable bonds is 2. The van der Waals surface area contributed by atoms with Gasteiger partial charge in [-0.25, -0.2) is 0 Å². The summed E-state index contributed by atoms with van der Waals surface area (Å²) in [5, 5.41) is 3.78. The van der Waals surface area contributed by atoms with E-state index in [1.54, 1.807) is 0 Å². The second-order valence-electron chi connectivity index (χ2n) is 1.96. The molecule has 2 nitrogen and oxygen atoms in total. The van der Waals surface area contributed by atoms with Crippen LogP contribution in [0.5, 0.6) is 0 Å². The molecule has 0 atom stereocenters. The molecule has 0 aliphatic carbocycles. The van der Waals surface area contributed by atoms with Gasteiger partial charge in [0.05, 0.1) is 14.9 Å². The average molecular weight is 190 g/mol. The lowest BCUT2D eigenvalue weighted by Crippen LogP contribution is -1.89. The molecule has 0 bridgehead atoms. The van der Waals surface area contributed by atoms with E-state index in [0.29, 0.717) is 0 Å². The van der Waals surface area contributed by atoms with Crippen molar-refractivity contribution in [3.05, 3.63) is 21.3 Å². The molecule has 0 saturated carbocycles. The monoisotopic (exact) mass is 189 g/mol. The Hall–Kier alpha value is -0.540. The van der Waals surface area contributed by atoms with Gasteiger partial charge in [-0.2, -0.15) is 0 Å². The van der Waals surface area contributed by atoms with Gasteiger partial charge in [0, 0.05) is 0 Å². The Labute approximate surface area is 74.4 Å². The normalized spacial score (nSPS) is 11.7. The van der Waals surface area contributed by atoms with Crippen molar-refractivity contribution in [2.45, 2.75) is 6.92 Å². The zero-order valence-electron chi connectivity index (χ0n) is 6.30. The van der Waals surface area contributed by atoms with Crippen LogP contribution >= 0.6 is 22.9 Å². The molecular formula is C7H8ClNOS. The number of nitrogens with zero attached hydrogens (tertiary/aromatic N) is 1. The van der Waals surface area contributed by atoms with Crippen molar-refractivity contribution in [1.29, 1.82) is 0 Å². The molecule has 0 unspecified atom stereocenters. The van der Waals surface area contributed by atoms with Gasteiger partial charge in [0.25, 0.3) is 0 Å². The van der Waals surface area contributed by atoms with Crippen LogP contribution < -0.4 is 0 Å². The molecule has 0 N–H and O–H groups in total. The van der Waals surface area contributed by atoms with Crippen LogP contribution in [0.2, 0.25) is 4.34 Å². The molecule has 4 heteroatoms. The highest BCUT2D eigenvalue weighted by Crippen LogP contribution is 2.21. The standard InChI is InChI=1S/C7H8ClNOS/c1-5(9-10-2)6-3-4-7(8)11-6/h3-4H,1-2H3/b9-5+. The smallest absolute Gasteiger partial charge is 0.106 e. The van der Waals surface area contributed by atoms with Crippen molar-refractivity contribution in [3.8, 4) is 0 Å². The highest BCUT2D eigenvalue weighted by atomic mass is 35.5. The van der Waals surface area contributed by atoms with Crippen molar-refractivity contribution in [2.24, 2.45) is 5.16 Å². The fourth-order valence-electron chi connectivity index (χ4n) is 0.691. The average Bonchev–Trinajstić information content (AvgIpc) is 2.36. The van der Waals surface area contributed by atoms with Crippen molar-refractivity contribution in [2.75, 3.05) is 7.11 Å². The van der Waals surface area contributed by atoms with E-state index >= 15 is 0 Å². The van der Waals surface area contributed by atoms with Gasteiger partial charge in [0.2, 0.25) is 0 Å². The summed E-state index contributed by atoms with van der Waals surface area (Å²) in [6, 6.07) is 3.76. The van der Waals surface area contributed by atoms with Crippen molar-refractivity contribution in [3.63, 3.8) is 0 Å². The second-order valence-corrected chi connectivity index (χ2v) is 3.68. The van der Waals surface area contributed by atoms with Crippen LogP contribution in [0.25, 0.3) is 0 Å². The van der Waals surface area contributed by atoms with Crippen LogP contribution in [0.4, 0.5) is 0 Å². The number of oxime groups is 1. The van der Waals surface area contributed by atoms with Crippen LogP contribution in [0.15, 0.2) is 17.3 Å². The Kier molecular flexibility index (Phi) is 2.91. The number of halogens is 1. The Morgan fingerprint density at radius 2 is 2.36 bits per heavy atom. The zero-order valence-corrected chi connectivity index (χ0v) is 7.87. The molecule has 1 aromatic rings. The Bertz CT molecular complexity index is 269. The van der Waals surface area contributed by atoms with Gasteiger partial charge in [0.15, 0.2) is 0 Å². The van der Waals surface area contributed by atoms with E-state index in [4.69, 9.17) is 11.6 Å². The van der Waals surface area contributed by atoms with Gasteiger partial charge >= 0.3 is 0 Å². The molecule has 0 radical (unpaired) electrons. The minimum absolute atomic E-state index is 0.769. The maximum Gasteiger partial charge on any atom is 0.106 e. The quantitative estimate of drug-likeness (QED) is 0.518. The Morgan fingerprint density at radius 3 is 2.82 bits per heavy atom. The van der Waals surface area contributed by atoms with Gasteiger partial charge in [-0.3, -0.25) is 0 Å². The second kappa shape index (κ2) is 3.74. The van der Waals surface area contributed by atoms with Crippen molar-refractivity contribution >= 4 is 28.6 Å². The minimum atomic E-state index is 0.769. The van der Waals surface area contributed by atoms with E-state index < -0.39 is 0 Å². The molecule has 0 amide bonds. The molecule has 1 heterocycles. The summed E-state index contributed by atoms with van der Waals surface area (Å²) < 4.78 is 0.769. The number of hydrogen-bond acceptors (Lipinski definition) is 3. The first-order valence-corrected chi connectivity index (χ1v) is 4.27. The lowest BCUT2D eigenvalue weighted by molar-refractivity contribution is 0.213. The van der Waals surface area contributed by atoms with Gasteiger partial charge in [-0.1, -0.05) is 16.8 Å². The molecule has 1 rings (SSSR count). The Morgan fingerprint density at radius 1 is 1.64 bits per heavy atom. The highest BCUT2D eigenvalue weighted by molar-refractivity contribution is 7.18. The summed E-state index contributed by atoms with van der Waals surface area (Å²) in [6.45, 7) is 1.88. The maximum absolute atomic E-state index is 5.73. The number of hydrogen-bond donors (Lipinski definition) is 0. The van der Waals surface area contributed by atoms with Gasteiger partial charge in [-0.15, -0.1) is 11.3 Å². The molecule has 0 aliphatic heterocycles. The first-order valence-electron chi connectivity index (χ1n) is 3.07. The fourth-order valence-corrected chi connectivity index (χ4v) is 1.67. The largest absolute Gasteiger partial charge is 0.399 e. The van der Waals surface area contributed by atoms with Gasteiger partial charge in [-0.05, 0) is 19.1 Å². The molecule has 1 aromatic heterocycles. The fraction of sp³-hybridized carbons (Fsp3) is 0.286. The topological polar surface area (TPSA) is 21.6 Å². The van der Waals surface area contributed by atoms with Crippen LogP contribution in [-0.2, 0) is 4.84 Å². The molecule has 0 spiro atoms. The highest BCUT2D eigenvalue weighted by Gasteiger charge is 2.00. The lowest BCUT2D eigenvalue weighted by atomic mass is 10.3. The van der Waals surface area contributed by atoms with Crippen LogP contribution in [0, 0.1) is 0 Å². The SMILES string of the molecule is CO/N=C(\C)c1ccc(Cl)s1. The molecule has 0 aliphatic rings. The predicted molar refractivity (Wildman–Crippen MR) is 48.5 cm³/mol. The third-order valence-corrected chi connectivity index (χ3v) is 2.50. The molecule has 0 aromatic carbocycles. The molecule has 0 fully saturated rings. The molecular weight excluding hydrogens is 182 g/mol. The first kappa shape index (κ1) is 8.56. The van der Waals surface area contributed by atoms with E-state index in [2.05, 4.69) is 9.99 Å². The lowest BCUT2D eigenvalue weighted by Gasteiger charge is -1.92. The summed E-state index contributed by atoms with van der Waals surface area (Å²) in [7, 11) is 1.53. The molecule has 0 saturated heterocycles. The summed E-state index contributed by atoms with van der Waals surface area (Å²) in [5.74, 6) is 0. The maximum atomic E-state index is 5.73. The van der Waals surface area contributed by atoms with E-state index in [0.717, 1.165) is 14.9 Å². The summed E-state index contributed by atoms with van der Waals surface area (Å²) in [6.07, 6.45) is 0. The van der Waals surface area contributed by atoms with Gasteiger partial charge < -0.3 is 4.84 Å². The third kappa shape index (κ3) is 2.20. The summed E-state index contributed by atoms with van der Waals surface area (Å²) in [5.41, 5.74) is 0.851. The first-order chi connectivity index (χ1) is 5.24. The third-order valence-electron chi connectivity index (χ3n) is 1.16. The minimum Gasteiger partial charge on any atom is -0.399 e.